The van der Waals surface area contributed by atoms with Crippen molar-refractivity contribution in [3.8, 4) is 0 Å². The third-order valence-corrected chi connectivity index (χ3v) is 3.69. The molecule has 0 fully saturated rings. The Morgan fingerprint density at radius 2 is 2.16 bits per heavy atom. The molecule has 0 saturated carbocycles. The lowest BCUT2D eigenvalue weighted by molar-refractivity contribution is -0.116. The van der Waals surface area contributed by atoms with Gasteiger partial charge in [0.15, 0.2) is 0 Å². The number of amides is 2. The Labute approximate surface area is 147 Å². The smallest absolute Gasteiger partial charge is 0.251 e. The molecule has 0 unspecified atom stereocenters. The van der Waals surface area contributed by atoms with Gasteiger partial charge >= 0.3 is 0 Å². The van der Waals surface area contributed by atoms with Gasteiger partial charge in [0, 0.05) is 49.2 Å². The van der Waals surface area contributed by atoms with E-state index in [-0.39, 0.29) is 17.9 Å². The highest BCUT2D eigenvalue weighted by Gasteiger charge is 2.09. The maximum Gasteiger partial charge on any atom is 0.251 e. The van der Waals surface area contributed by atoms with E-state index in [4.69, 9.17) is 0 Å². The normalized spacial score (nSPS) is 11.8. The van der Waals surface area contributed by atoms with Gasteiger partial charge in [0.25, 0.3) is 5.91 Å². The van der Waals surface area contributed by atoms with Crippen LogP contribution >= 0.6 is 0 Å². The lowest BCUT2D eigenvalue weighted by Crippen LogP contribution is -2.38. The Hall–Kier alpha value is -2.67. The van der Waals surface area contributed by atoms with Crippen LogP contribution < -0.4 is 16.0 Å². The number of aryl methyl sites for hydroxylation is 1. The van der Waals surface area contributed by atoms with Crippen molar-refractivity contribution >= 4 is 17.5 Å². The standard InChI is InChI=1S/C18H25N5O2/c1-3-20-14(2)12-21-18(25)15-5-4-6-16(11-15)22-17(24)7-9-23-10-8-19-13-23/h4-6,8,10-11,13-14,20H,3,7,9,12H2,1-2H3,(H,21,25)(H,22,24)/t14-/m1/s1. The molecular weight excluding hydrogens is 318 g/mol. The van der Waals surface area contributed by atoms with E-state index < -0.39 is 0 Å². The average molecular weight is 343 g/mol. The molecule has 0 saturated heterocycles. The zero-order valence-electron chi connectivity index (χ0n) is 14.7. The molecule has 3 N–H and O–H groups in total. The van der Waals surface area contributed by atoms with E-state index in [2.05, 4.69) is 20.9 Å². The van der Waals surface area contributed by atoms with Gasteiger partial charge < -0.3 is 20.5 Å². The molecule has 1 heterocycles. The first kappa shape index (κ1) is 18.7. The van der Waals surface area contributed by atoms with Crippen LogP contribution in [-0.2, 0) is 11.3 Å². The lowest BCUT2D eigenvalue weighted by atomic mass is 10.1. The lowest BCUT2D eigenvalue weighted by Gasteiger charge is -2.13. The fourth-order valence-corrected chi connectivity index (χ4v) is 2.38. The Bertz CT molecular complexity index is 685. The number of nitrogens with zero attached hydrogens (tertiary/aromatic N) is 2. The van der Waals surface area contributed by atoms with E-state index in [1.54, 1.807) is 36.8 Å². The third kappa shape index (κ3) is 6.39. The topological polar surface area (TPSA) is 88.0 Å². The van der Waals surface area contributed by atoms with Gasteiger partial charge in [-0.2, -0.15) is 0 Å². The molecule has 0 spiro atoms. The maximum atomic E-state index is 12.2. The van der Waals surface area contributed by atoms with Crippen molar-refractivity contribution < 1.29 is 9.59 Å². The van der Waals surface area contributed by atoms with E-state index >= 15 is 0 Å². The number of aromatic nitrogens is 2. The van der Waals surface area contributed by atoms with Gasteiger partial charge in [0.1, 0.15) is 0 Å². The predicted molar refractivity (Wildman–Crippen MR) is 97.4 cm³/mol. The Morgan fingerprint density at radius 3 is 2.88 bits per heavy atom. The van der Waals surface area contributed by atoms with Gasteiger partial charge in [-0.15, -0.1) is 0 Å². The second-order valence-electron chi connectivity index (χ2n) is 5.85. The first-order valence-electron chi connectivity index (χ1n) is 8.45. The number of benzene rings is 1. The first-order chi connectivity index (χ1) is 12.1. The van der Waals surface area contributed by atoms with Crippen LogP contribution in [0.25, 0.3) is 0 Å². The van der Waals surface area contributed by atoms with E-state index in [1.165, 1.54) is 0 Å². The first-order valence-corrected chi connectivity index (χ1v) is 8.45. The van der Waals surface area contributed by atoms with Crippen molar-refractivity contribution in [1.29, 1.82) is 0 Å². The number of likely N-dealkylation sites (N-methyl/N-ethyl adjacent to an activating group) is 1. The van der Waals surface area contributed by atoms with Crippen LogP contribution in [0.2, 0.25) is 0 Å². The Morgan fingerprint density at radius 1 is 1.32 bits per heavy atom. The molecule has 1 atom stereocenters. The second-order valence-corrected chi connectivity index (χ2v) is 5.85. The fraction of sp³-hybridized carbons (Fsp3) is 0.389. The van der Waals surface area contributed by atoms with Crippen LogP contribution in [-0.4, -0.2) is 40.5 Å². The SMILES string of the molecule is CCN[C@H](C)CNC(=O)c1cccc(NC(=O)CCn2ccnc2)c1. The molecule has 7 nitrogen and oxygen atoms in total. The highest BCUT2D eigenvalue weighted by atomic mass is 16.2. The monoisotopic (exact) mass is 343 g/mol. The molecule has 0 radical (unpaired) electrons. The number of imidazole rings is 1. The number of anilines is 1. The number of rotatable bonds is 9. The summed E-state index contributed by atoms with van der Waals surface area (Å²) in [6.45, 7) is 6.01. The minimum Gasteiger partial charge on any atom is -0.350 e. The van der Waals surface area contributed by atoms with Crippen molar-refractivity contribution in [2.24, 2.45) is 0 Å². The molecule has 0 bridgehead atoms. The van der Waals surface area contributed by atoms with E-state index in [9.17, 15) is 9.59 Å². The van der Waals surface area contributed by atoms with Gasteiger partial charge in [0.2, 0.25) is 5.91 Å². The maximum absolute atomic E-state index is 12.2. The fourth-order valence-electron chi connectivity index (χ4n) is 2.38. The van der Waals surface area contributed by atoms with Crippen molar-refractivity contribution in [2.75, 3.05) is 18.4 Å². The molecule has 0 aliphatic carbocycles. The summed E-state index contributed by atoms with van der Waals surface area (Å²) >= 11 is 0. The van der Waals surface area contributed by atoms with Crippen molar-refractivity contribution in [3.05, 3.63) is 48.5 Å². The summed E-state index contributed by atoms with van der Waals surface area (Å²) in [6.07, 6.45) is 5.50. The molecule has 2 rings (SSSR count). The van der Waals surface area contributed by atoms with Crippen LogP contribution in [0.4, 0.5) is 5.69 Å². The van der Waals surface area contributed by atoms with Crippen LogP contribution in [0.1, 0.15) is 30.6 Å². The summed E-state index contributed by atoms with van der Waals surface area (Å²) in [5, 5.41) is 8.94. The van der Waals surface area contributed by atoms with Crippen molar-refractivity contribution in [3.63, 3.8) is 0 Å². The number of nitrogens with one attached hydrogen (secondary N) is 3. The molecular formula is C18H25N5O2. The zero-order valence-corrected chi connectivity index (χ0v) is 14.7. The predicted octanol–water partition coefficient (Wildman–Crippen LogP) is 1.64. The summed E-state index contributed by atoms with van der Waals surface area (Å²) in [6, 6.07) is 7.15. The number of carbonyl (C=O) groups is 2. The van der Waals surface area contributed by atoms with Crippen molar-refractivity contribution in [1.82, 2.24) is 20.2 Å². The molecule has 134 valence electrons. The molecule has 1 aromatic carbocycles. The minimum absolute atomic E-state index is 0.105. The molecule has 7 heteroatoms. The number of hydrogen-bond acceptors (Lipinski definition) is 4. The molecule has 0 aliphatic heterocycles. The molecule has 1 aromatic heterocycles. The Kier molecular flexibility index (Phi) is 7.16. The highest BCUT2D eigenvalue weighted by Crippen LogP contribution is 2.11. The van der Waals surface area contributed by atoms with Gasteiger partial charge in [-0.3, -0.25) is 9.59 Å². The molecule has 2 amide bonds. The van der Waals surface area contributed by atoms with Crippen LogP contribution in [0, 0.1) is 0 Å². The summed E-state index contributed by atoms with van der Waals surface area (Å²) in [5.41, 5.74) is 1.14. The van der Waals surface area contributed by atoms with Crippen molar-refractivity contribution in [2.45, 2.75) is 32.9 Å². The van der Waals surface area contributed by atoms with Crippen LogP contribution in [0.3, 0.4) is 0 Å². The summed E-state index contributed by atoms with van der Waals surface area (Å²) in [5.74, 6) is -0.258. The third-order valence-electron chi connectivity index (χ3n) is 3.69. The molecule has 0 aliphatic rings. The van der Waals surface area contributed by atoms with Gasteiger partial charge in [-0.25, -0.2) is 4.98 Å². The summed E-state index contributed by atoms with van der Waals surface area (Å²) in [7, 11) is 0. The number of hydrogen-bond donors (Lipinski definition) is 3. The van der Waals surface area contributed by atoms with Gasteiger partial charge in [-0.05, 0) is 31.7 Å². The Balaban J connectivity index is 1.85. The van der Waals surface area contributed by atoms with Crippen LogP contribution in [0.15, 0.2) is 43.0 Å². The summed E-state index contributed by atoms with van der Waals surface area (Å²) < 4.78 is 1.84. The van der Waals surface area contributed by atoms with Gasteiger partial charge in [0.05, 0.1) is 6.33 Å². The highest BCUT2D eigenvalue weighted by molar-refractivity contribution is 5.97. The number of carbonyl (C=O) groups excluding carboxylic acids is 2. The van der Waals surface area contributed by atoms with Gasteiger partial charge in [-0.1, -0.05) is 13.0 Å². The quantitative estimate of drug-likeness (QED) is 0.646. The zero-order chi connectivity index (χ0) is 18.1. The average Bonchev–Trinajstić information content (AvgIpc) is 3.12. The van der Waals surface area contributed by atoms with Crippen LogP contribution in [0.5, 0.6) is 0 Å². The van der Waals surface area contributed by atoms with E-state index in [0.29, 0.717) is 30.8 Å². The largest absolute Gasteiger partial charge is 0.350 e. The van der Waals surface area contributed by atoms with E-state index in [0.717, 1.165) is 6.54 Å². The molecule has 2 aromatic rings. The van der Waals surface area contributed by atoms with E-state index in [1.807, 2.05) is 24.6 Å². The molecule has 25 heavy (non-hydrogen) atoms. The second kappa shape index (κ2) is 9.58. The minimum atomic E-state index is -0.153. The summed E-state index contributed by atoms with van der Waals surface area (Å²) in [4.78, 5) is 28.2.